The van der Waals surface area contributed by atoms with Gasteiger partial charge in [0.05, 0.1) is 25.9 Å². The maximum Gasteiger partial charge on any atom is 0.0701 e. The molecule has 1 atom stereocenters. The fourth-order valence-electron chi connectivity index (χ4n) is 2.40. The zero-order chi connectivity index (χ0) is 15.5. The standard InChI is InChI=1S/C18H31NO2/c1-5-7-8-20-9-10-21-14-18(19-6-2)17-12-15(3)11-16(4)13-17/h11-13,18-19H,5-10,14H2,1-4H3. The first-order valence-corrected chi connectivity index (χ1v) is 8.14. The van der Waals surface area contributed by atoms with E-state index in [0.29, 0.717) is 19.8 Å². The Labute approximate surface area is 130 Å². The SMILES string of the molecule is CCCCOCCOCC(NCC)c1cc(C)cc(C)c1. The fourth-order valence-corrected chi connectivity index (χ4v) is 2.40. The molecule has 1 aromatic carbocycles. The number of hydrogen-bond donors (Lipinski definition) is 1. The molecule has 0 aliphatic carbocycles. The van der Waals surface area contributed by atoms with Gasteiger partial charge in [0.25, 0.3) is 0 Å². The van der Waals surface area contributed by atoms with Gasteiger partial charge in [0.1, 0.15) is 0 Å². The van der Waals surface area contributed by atoms with Crippen LogP contribution in [-0.2, 0) is 9.47 Å². The Balaban J connectivity index is 2.39. The Kier molecular flexibility index (Phi) is 9.31. The van der Waals surface area contributed by atoms with Crippen LogP contribution in [0, 0.1) is 13.8 Å². The molecule has 0 fully saturated rings. The first-order valence-electron chi connectivity index (χ1n) is 8.14. The maximum absolute atomic E-state index is 5.78. The molecule has 0 amide bonds. The van der Waals surface area contributed by atoms with Crippen LogP contribution in [-0.4, -0.2) is 33.0 Å². The van der Waals surface area contributed by atoms with Gasteiger partial charge in [0.15, 0.2) is 0 Å². The van der Waals surface area contributed by atoms with Crippen molar-refractivity contribution in [1.29, 1.82) is 0 Å². The van der Waals surface area contributed by atoms with Crippen LogP contribution >= 0.6 is 0 Å². The lowest BCUT2D eigenvalue weighted by Crippen LogP contribution is -2.26. The second-order valence-corrected chi connectivity index (χ2v) is 5.57. The maximum atomic E-state index is 5.78. The topological polar surface area (TPSA) is 30.5 Å². The zero-order valence-electron chi connectivity index (χ0n) is 14.1. The normalized spacial score (nSPS) is 12.6. The minimum atomic E-state index is 0.254. The zero-order valence-corrected chi connectivity index (χ0v) is 14.1. The van der Waals surface area contributed by atoms with E-state index < -0.39 is 0 Å². The first-order chi connectivity index (χ1) is 10.2. The minimum absolute atomic E-state index is 0.254. The van der Waals surface area contributed by atoms with E-state index in [0.717, 1.165) is 19.6 Å². The second kappa shape index (κ2) is 10.8. The summed E-state index contributed by atoms with van der Waals surface area (Å²) in [4.78, 5) is 0. The van der Waals surface area contributed by atoms with Crippen LogP contribution in [0.4, 0.5) is 0 Å². The quantitative estimate of drug-likeness (QED) is 0.630. The summed E-state index contributed by atoms with van der Waals surface area (Å²) in [6.07, 6.45) is 2.30. The molecule has 1 N–H and O–H groups in total. The molecule has 0 aliphatic rings. The lowest BCUT2D eigenvalue weighted by molar-refractivity contribution is 0.0382. The van der Waals surface area contributed by atoms with E-state index in [2.05, 4.69) is 51.2 Å². The highest BCUT2D eigenvalue weighted by Gasteiger charge is 2.11. The molecular weight excluding hydrogens is 262 g/mol. The van der Waals surface area contributed by atoms with Gasteiger partial charge in [0.2, 0.25) is 0 Å². The van der Waals surface area contributed by atoms with Crippen LogP contribution in [0.1, 0.15) is 49.4 Å². The molecule has 3 nitrogen and oxygen atoms in total. The summed E-state index contributed by atoms with van der Waals surface area (Å²) in [5, 5.41) is 3.50. The van der Waals surface area contributed by atoms with Crippen molar-refractivity contribution in [3.05, 3.63) is 34.9 Å². The average Bonchev–Trinajstić information content (AvgIpc) is 2.44. The molecule has 0 radical (unpaired) electrons. The first kappa shape index (κ1) is 18.1. The molecule has 21 heavy (non-hydrogen) atoms. The van der Waals surface area contributed by atoms with Gasteiger partial charge in [-0.2, -0.15) is 0 Å². The van der Waals surface area contributed by atoms with E-state index in [1.807, 2.05) is 0 Å². The van der Waals surface area contributed by atoms with Crippen molar-refractivity contribution < 1.29 is 9.47 Å². The summed E-state index contributed by atoms with van der Waals surface area (Å²) in [5.74, 6) is 0. The van der Waals surface area contributed by atoms with Crippen molar-refractivity contribution in [1.82, 2.24) is 5.32 Å². The van der Waals surface area contributed by atoms with E-state index in [9.17, 15) is 0 Å². The van der Waals surface area contributed by atoms with E-state index in [1.165, 1.54) is 23.1 Å². The molecule has 0 spiro atoms. The van der Waals surface area contributed by atoms with Crippen molar-refractivity contribution in [2.75, 3.05) is 33.0 Å². The molecule has 0 saturated heterocycles. The average molecular weight is 293 g/mol. The molecule has 0 aliphatic heterocycles. The fraction of sp³-hybridized carbons (Fsp3) is 0.667. The Morgan fingerprint density at radius 1 is 0.952 bits per heavy atom. The van der Waals surface area contributed by atoms with E-state index in [4.69, 9.17) is 9.47 Å². The van der Waals surface area contributed by atoms with E-state index in [-0.39, 0.29) is 6.04 Å². The van der Waals surface area contributed by atoms with Crippen molar-refractivity contribution in [2.45, 2.75) is 46.6 Å². The van der Waals surface area contributed by atoms with Crippen LogP contribution in [0.3, 0.4) is 0 Å². The smallest absolute Gasteiger partial charge is 0.0701 e. The third kappa shape index (κ3) is 7.60. The predicted octanol–water partition coefficient (Wildman–Crippen LogP) is 3.79. The third-order valence-electron chi connectivity index (χ3n) is 3.40. The highest BCUT2D eigenvalue weighted by atomic mass is 16.5. The van der Waals surface area contributed by atoms with Crippen LogP contribution in [0.25, 0.3) is 0 Å². The summed E-state index contributed by atoms with van der Waals surface area (Å²) >= 11 is 0. The second-order valence-electron chi connectivity index (χ2n) is 5.57. The third-order valence-corrected chi connectivity index (χ3v) is 3.40. The van der Waals surface area contributed by atoms with Crippen molar-refractivity contribution in [3.8, 4) is 0 Å². The molecular formula is C18H31NO2. The highest BCUT2D eigenvalue weighted by Crippen LogP contribution is 2.17. The van der Waals surface area contributed by atoms with Gasteiger partial charge in [-0.1, -0.05) is 49.6 Å². The van der Waals surface area contributed by atoms with Gasteiger partial charge in [-0.15, -0.1) is 0 Å². The number of unbranched alkanes of at least 4 members (excludes halogenated alkanes) is 1. The molecule has 0 heterocycles. The molecule has 120 valence electrons. The molecule has 1 unspecified atom stereocenters. The van der Waals surface area contributed by atoms with Crippen molar-refractivity contribution >= 4 is 0 Å². The number of rotatable bonds is 11. The summed E-state index contributed by atoms with van der Waals surface area (Å²) in [6, 6.07) is 6.93. The number of nitrogens with one attached hydrogen (secondary N) is 1. The van der Waals surface area contributed by atoms with Crippen molar-refractivity contribution in [2.24, 2.45) is 0 Å². The van der Waals surface area contributed by atoms with Gasteiger partial charge >= 0.3 is 0 Å². The largest absolute Gasteiger partial charge is 0.379 e. The summed E-state index contributed by atoms with van der Waals surface area (Å²) < 4.78 is 11.3. The van der Waals surface area contributed by atoms with Crippen molar-refractivity contribution in [3.63, 3.8) is 0 Å². The van der Waals surface area contributed by atoms with Gasteiger partial charge in [-0.05, 0) is 32.4 Å². The molecule has 0 bridgehead atoms. The number of likely N-dealkylation sites (N-methyl/N-ethyl adjacent to an activating group) is 1. The van der Waals surface area contributed by atoms with Gasteiger partial charge in [-0.25, -0.2) is 0 Å². The van der Waals surface area contributed by atoms with Crippen LogP contribution in [0.15, 0.2) is 18.2 Å². The Morgan fingerprint density at radius 2 is 1.62 bits per heavy atom. The van der Waals surface area contributed by atoms with E-state index >= 15 is 0 Å². The minimum Gasteiger partial charge on any atom is -0.379 e. The summed E-state index contributed by atoms with van der Waals surface area (Å²) in [7, 11) is 0. The van der Waals surface area contributed by atoms with Crippen LogP contribution < -0.4 is 5.32 Å². The lowest BCUT2D eigenvalue weighted by atomic mass is 10.0. The van der Waals surface area contributed by atoms with Gasteiger partial charge in [0, 0.05) is 6.61 Å². The highest BCUT2D eigenvalue weighted by molar-refractivity contribution is 5.30. The van der Waals surface area contributed by atoms with Gasteiger partial charge < -0.3 is 14.8 Å². The Morgan fingerprint density at radius 3 is 2.24 bits per heavy atom. The summed E-state index contributed by atoms with van der Waals surface area (Å²) in [5.41, 5.74) is 3.91. The number of hydrogen-bond acceptors (Lipinski definition) is 3. The molecule has 0 saturated carbocycles. The Hall–Kier alpha value is -0.900. The molecule has 1 aromatic rings. The number of aryl methyl sites for hydroxylation is 2. The monoisotopic (exact) mass is 293 g/mol. The number of benzene rings is 1. The Bertz CT molecular complexity index is 373. The lowest BCUT2D eigenvalue weighted by Gasteiger charge is -2.19. The van der Waals surface area contributed by atoms with Crippen LogP contribution in [0.5, 0.6) is 0 Å². The predicted molar refractivity (Wildman–Crippen MR) is 88.9 cm³/mol. The van der Waals surface area contributed by atoms with Gasteiger partial charge in [-0.3, -0.25) is 0 Å². The molecule has 3 heteroatoms. The molecule has 1 rings (SSSR count). The number of ether oxygens (including phenoxy) is 2. The van der Waals surface area contributed by atoms with Crippen LogP contribution in [0.2, 0.25) is 0 Å². The summed E-state index contributed by atoms with van der Waals surface area (Å²) in [6.45, 7) is 12.4. The molecule has 0 aromatic heterocycles. The van der Waals surface area contributed by atoms with E-state index in [1.54, 1.807) is 0 Å².